The first kappa shape index (κ1) is 14.9. The number of fused-ring (bicyclic) bond motifs is 1. The number of pyridine rings is 1. The van der Waals surface area contributed by atoms with Gasteiger partial charge in [-0.3, -0.25) is 15.1 Å². The molecule has 1 aromatic heterocycles. The summed E-state index contributed by atoms with van der Waals surface area (Å²) in [6, 6.07) is 15.2. The van der Waals surface area contributed by atoms with Crippen LogP contribution in [0.3, 0.4) is 0 Å². The molecule has 0 unspecified atom stereocenters. The van der Waals surface area contributed by atoms with Gasteiger partial charge in [-0.1, -0.05) is 18.2 Å². The summed E-state index contributed by atoms with van der Waals surface area (Å²) >= 11 is 0. The number of nitriles is 2. The van der Waals surface area contributed by atoms with Crippen LogP contribution in [-0.2, 0) is 0 Å². The lowest BCUT2D eigenvalue weighted by atomic mass is 10.1. The van der Waals surface area contributed by atoms with E-state index in [1.807, 2.05) is 18.2 Å². The zero-order valence-electron chi connectivity index (χ0n) is 12.2. The highest BCUT2D eigenvalue weighted by Gasteiger charge is 2.19. The lowest BCUT2D eigenvalue weighted by molar-refractivity contribution is -0.383. The molecule has 0 saturated carbocycles. The smallest absolute Gasteiger partial charge is 0.294 e. The summed E-state index contributed by atoms with van der Waals surface area (Å²) in [6.07, 6.45) is 1.63. The summed E-state index contributed by atoms with van der Waals surface area (Å²) in [4.78, 5) is 15.0. The number of anilines is 2. The first-order valence-corrected chi connectivity index (χ1v) is 6.87. The van der Waals surface area contributed by atoms with Gasteiger partial charge in [0.1, 0.15) is 17.8 Å². The summed E-state index contributed by atoms with van der Waals surface area (Å²) in [5.41, 5.74) is 1.11. The third-order valence-corrected chi connectivity index (χ3v) is 3.48. The van der Waals surface area contributed by atoms with E-state index in [0.29, 0.717) is 11.2 Å². The van der Waals surface area contributed by atoms with Gasteiger partial charge in [0.25, 0.3) is 5.69 Å². The number of nitrogens with zero attached hydrogens (tertiary/aromatic N) is 4. The van der Waals surface area contributed by atoms with E-state index in [-0.39, 0.29) is 22.5 Å². The fraction of sp³-hybridized carbons (Fsp3) is 0. The van der Waals surface area contributed by atoms with Crippen LogP contribution in [0.5, 0.6) is 0 Å². The van der Waals surface area contributed by atoms with Crippen LogP contribution in [0.15, 0.2) is 48.7 Å². The lowest BCUT2D eigenvalue weighted by Gasteiger charge is -2.10. The highest BCUT2D eigenvalue weighted by Crippen LogP contribution is 2.32. The minimum atomic E-state index is -0.594. The van der Waals surface area contributed by atoms with Crippen molar-refractivity contribution in [2.24, 2.45) is 0 Å². The highest BCUT2D eigenvalue weighted by atomic mass is 16.6. The Balaban J connectivity index is 2.17. The highest BCUT2D eigenvalue weighted by molar-refractivity contribution is 5.93. The number of para-hydroxylation sites is 1. The van der Waals surface area contributed by atoms with Crippen LogP contribution in [0, 0.1) is 32.8 Å². The van der Waals surface area contributed by atoms with Crippen molar-refractivity contribution in [1.82, 2.24) is 4.98 Å². The zero-order valence-corrected chi connectivity index (χ0v) is 12.2. The van der Waals surface area contributed by atoms with E-state index in [4.69, 9.17) is 10.5 Å². The van der Waals surface area contributed by atoms with Gasteiger partial charge in [0.2, 0.25) is 0 Å². The molecular formula is C17H9N5O2. The monoisotopic (exact) mass is 315 g/mol. The number of hydrogen-bond donors (Lipinski definition) is 1. The van der Waals surface area contributed by atoms with Crippen molar-refractivity contribution in [3.05, 3.63) is 69.9 Å². The van der Waals surface area contributed by atoms with Crippen molar-refractivity contribution in [2.45, 2.75) is 0 Å². The van der Waals surface area contributed by atoms with Crippen molar-refractivity contribution in [2.75, 3.05) is 5.32 Å². The number of rotatable bonds is 3. The largest absolute Gasteiger partial charge is 0.348 e. The Morgan fingerprint density at radius 3 is 2.46 bits per heavy atom. The minimum absolute atomic E-state index is 0.0363. The summed E-state index contributed by atoms with van der Waals surface area (Å²) in [5.74, 6) is 0. The fourth-order valence-corrected chi connectivity index (χ4v) is 2.37. The molecule has 24 heavy (non-hydrogen) atoms. The minimum Gasteiger partial charge on any atom is -0.348 e. The molecule has 0 atom stereocenters. The third kappa shape index (κ3) is 2.58. The van der Waals surface area contributed by atoms with Crippen molar-refractivity contribution < 1.29 is 4.92 Å². The van der Waals surface area contributed by atoms with E-state index in [9.17, 15) is 10.1 Å². The maximum atomic E-state index is 11.3. The Morgan fingerprint density at radius 1 is 1.04 bits per heavy atom. The number of aromatic nitrogens is 1. The Morgan fingerprint density at radius 2 is 1.75 bits per heavy atom. The average Bonchev–Trinajstić information content (AvgIpc) is 2.61. The first-order valence-electron chi connectivity index (χ1n) is 6.87. The van der Waals surface area contributed by atoms with Crippen molar-refractivity contribution in [3.8, 4) is 12.1 Å². The lowest BCUT2D eigenvalue weighted by Crippen LogP contribution is -2.00. The van der Waals surface area contributed by atoms with Gasteiger partial charge in [0, 0.05) is 17.6 Å². The van der Waals surface area contributed by atoms with Crippen molar-refractivity contribution >= 4 is 28.0 Å². The standard InChI is InChI=1S/C17H9N5O2/c18-9-12-7-15(16(22(23)24)8-13(12)10-19)21-14-5-1-3-11-4-2-6-20-17(11)14/h1-8,21H. The van der Waals surface area contributed by atoms with E-state index in [2.05, 4.69) is 10.3 Å². The van der Waals surface area contributed by atoms with Crippen LogP contribution in [0.2, 0.25) is 0 Å². The normalized spacial score (nSPS) is 9.92. The summed E-state index contributed by atoms with van der Waals surface area (Å²) in [5, 5.41) is 33.3. The molecule has 2 aromatic carbocycles. The van der Waals surface area contributed by atoms with Crippen LogP contribution in [0.25, 0.3) is 10.9 Å². The SMILES string of the molecule is N#Cc1cc(Nc2cccc3cccnc23)c([N+](=O)[O-])cc1C#N. The number of benzene rings is 2. The molecule has 0 bridgehead atoms. The molecule has 0 aliphatic heterocycles. The molecule has 3 aromatic rings. The van der Waals surface area contributed by atoms with Gasteiger partial charge in [-0.2, -0.15) is 10.5 Å². The predicted octanol–water partition coefficient (Wildman–Crippen LogP) is 3.63. The Bertz CT molecular complexity index is 1040. The molecule has 0 fully saturated rings. The van der Waals surface area contributed by atoms with Crippen LogP contribution >= 0.6 is 0 Å². The van der Waals surface area contributed by atoms with Crippen LogP contribution < -0.4 is 5.32 Å². The van der Waals surface area contributed by atoms with Crippen LogP contribution in [0.4, 0.5) is 17.1 Å². The number of hydrogen-bond acceptors (Lipinski definition) is 6. The van der Waals surface area contributed by atoms with Gasteiger partial charge in [-0.05, 0) is 18.2 Å². The van der Waals surface area contributed by atoms with Gasteiger partial charge in [-0.15, -0.1) is 0 Å². The molecule has 0 amide bonds. The predicted molar refractivity (Wildman–Crippen MR) is 87.6 cm³/mol. The molecule has 0 spiro atoms. The quantitative estimate of drug-likeness (QED) is 0.582. The van der Waals surface area contributed by atoms with Gasteiger partial charge in [0.15, 0.2) is 0 Å². The second-order valence-corrected chi connectivity index (χ2v) is 4.90. The number of nitrogens with one attached hydrogen (secondary N) is 1. The molecule has 0 radical (unpaired) electrons. The van der Waals surface area contributed by atoms with E-state index in [1.165, 1.54) is 6.07 Å². The molecule has 3 rings (SSSR count). The Kier molecular flexibility index (Phi) is 3.76. The molecular weight excluding hydrogens is 306 g/mol. The second-order valence-electron chi connectivity index (χ2n) is 4.90. The molecule has 0 saturated heterocycles. The molecule has 7 heteroatoms. The summed E-state index contributed by atoms with van der Waals surface area (Å²) in [6.45, 7) is 0. The molecule has 7 nitrogen and oxygen atoms in total. The Labute approximate surface area is 136 Å². The van der Waals surface area contributed by atoms with E-state index >= 15 is 0 Å². The van der Waals surface area contributed by atoms with Gasteiger partial charge >= 0.3 is 0 Å². The van der Waals surface area contributed by atoms with Gasteiger partial charge in [0.05, 0.1) is 27.3 Å². The fourth-order valence-electron chi connectivity index (χ4n) is 2.37. The number of nitro groups is 1. The summed E-state index contributed by atoms with van der Waals surface area (Å²) < 4.78 is 0. The summed E-state index contributed by atoms with van der Waals surface area (Å²) in [7, 11) is 0. The molecule has 0 aliphatic rings. The van der Waals surface area contributed by atoms with E-state index in [1.54, 1.807) is 30.5 Å². The van der Waals surface area contributed by atoms with Crippen LogP contribution in [0.1, 0.15) is 11.1 Å². The van der Waals surface area contributed by atoms with Gasteiger partial charge < -0.3 is 5.32 Å². The van der Waals surface area contributed by atoms with E-state index < -0.39 is 4.92 Å². The molecule has 0 aliphatic carbocycles. The Hall–Kier alpha value is -3.97. The zero-order chi connectivity index (χ0) is 17.1. The topological polar surface area (TPSA) is 116 Å². The van der Waals surface area contributed by atoms with Gasteiger partial charge in [-0.25, -0.2) is 0 Å². The van der Waals surface area contributed by atoms with E-state index in [0.717, 1.165) is 11.5 Å². The maximum absolute atomic E-state index is 11.3. The van der Waals surface area contributed by atoms with Crippen molar-refractivity contribution in [3.63, 3.8) is 0 Å². The second kappa shape index (κ2) is 6.03. The molecule has 114 valence electrons. The first-order chi connectivity index (χ1) is 11.6. The third-order valence-electron chi connectivity index (χ3n) is 3.48. The van der Waals surface area contributed by atoms with Crippen LogP contribution in [-0.4, -0.2) is 9.91 Å². The maximum Gasteiger partial charge on any atom is 0.294 e. The number of nitro benzene ring substituents is 1. The average molecular weight is 315 g/mol. The van der Waals surface area contributed by atoms with Crippen molar-refractivity contribution in [1.29, 1.82) is 10.5 Å². The molecule has 1 heterocycles. The molecule has 1 N–H and O–H groups in total.